The highest BCUT2D eigenvalue weighted by Gasteiger charge is 2.17. The van der Waals surface area contributed by atoms with Crippen LogP contribution < -0.4 is 9.46 Å². The van der Waals surface area contributed by atoms with Gasteiger partial charge in [0.25, 0.3) is 5.91 Å². The molecule has 1 amide bonds. The first-order valence-electron chi connectivity index (χ1n) is 8.89. The average Bonchev–Trinajstić information content (AvgIpc) is 2.88. The smallest absolute Gasteiger partial charge is 0.260 e. The van der Waals surface area contributed by atoms with E-state index in [1.807, 2.05) is 18.7 Å². The highest BCUT2D eigenvalue weighted by Crippen LogP contribution is 2.17. The molecule has 0 bridgehead atoms. The number of carbonyl (C=O) groups excluding carboxylic acids is 1. The van der Waals surface area contributed by atoms with Gasteiger partial charge >= 0.3 is 0 Å². The number of nitrogens with zero attached hydrogens (tertiary/aromatic N) is 1. The fourth-order valence-corrected chi connectivity index (χ4v) is 3.84. The molecular weight excluding hydrogens is 340 g/mol. The molecule has 1 heterocycles. The topological polar surface area (TPSA) is 75.7 Å². The molecule has 0 atom stereocenters. The van der Waals surface area contributed by atoms with Gasteiger partial charge in [0.15, 0.2) is 6.61 Å². The number of amides is 1. The SMILES string of the molecule is CC(C)CNS(=O)(=O)c1ccc(OCC(=O)N2CCCCCC2)cc1. The molecule has 1 aromatic carbocycles. The van der Waals surface area contributed by atoms with Gasteiger partial charge in [0.1, 0.15) is 5.75 Å². The highest BCUT2D eigenvalue weighted by atomic mass is 32.2. The lowest BCUT2D eigenvalue weighted by molar-refractivity contribution is -0.133. The van der Waals surface area contributed by atoms with E-state index in [1.165, 1.54) is 25.0 Å². The quantitative estimate of drug-likeness (QED) is 0.802. The minimum Gasteiger partial charge on any atom is -0.484 e. The van der Waals surface area contributed by atoms with Crippen molar-refractivity contribution in [1.29, 1.82) is 0 Å². The zero-order valence-electron chi connectivity index (χ0n) is 15.0. The lowest BCUT2D eigenvalue weighted by Gasteiger charge is -2.20. The molecule has 7 heteroatoms. The highest BCUT2D eigenvalue weighted by molar-refractivity contribution is 7.89. The van der Waals surface area contributed by atoms with Crippen LogP contribution in [-0.2, 0) is 14.8 Å². The Morgan fingerprint density at radius 1 is 1.12 bits per heavy atom. The number of rotatable bonds is 7. The molecule has 0 radical (unpaired) electrons. The van der Waals surface area contributed by atoms with E-state index in [9.17, 15) is 13.2 Å². The van der Waals surface area contributed by atoms with Crippen molar-refractivity contribution in [3.05, 3.63) is 24.3 Å². The second-order valence-corrected chi connectivity index (χ2v) is 8.57. The third kappa shape index (κ3) is 6.32. The largest absolute Gasteiger partial charge is 0.484 e. The average molecular weight is 368 g/mol. The molecule has 1 aliphatic heterocycles. The van der Waals surface area contributed by atoms with Gasteiger partial charge in [0.2, 0.25) is 10.0 Å². The van der Waals surface area contributed by atoms with Crippen molar-refractivity contribution in [3.63, 3.8) is 0 Å². The first kappa shape index (κ1) is 19.7. The lowest BCUT2D eigenvalue weighted by Crippen LogP contribution is -2.35. The molecule has 1 aliphatic rings. The van der Waals surface area contributed by atoms with E-state index >= 15 is 0 Å². The van der Waals surface area contributed by atoms with E-state index in [0.29, 0.717) is 12.3 Å². The van der Waals surface area contributed by atoms with E-state index in [2.05, 4.69) is 4.72 Å². The molecule has 0 aromatic heterocycles. The number of hydrogen-bond donors (Lipinski definition) is 1. The second-order valence-electron chi connectivity index (χ2n) is 6.80. The van der Waals surface area contributed by atoms with Crippen molar-refractivity contribution in [2.75, 3.05) is 26.2 Å². The number of nitrogens with one attached hydrogen (secondary N) is 1. The second kappa shape index (κ2) is 9.20. The van der Waals surface area contributed by atoms with Gasteiger partial charge < -0.3 is 9.64 Å². The molecule has 1 aromatic rings. The van der Waals surface area contributed by atoms with Crippen molar-refractivity contribution >= 4 is 15.9 Å². The van der Waals surface area contributed by atoms with Gasteiger partial charge in [-0.05, 0) is 43.0 Å². The number of sulfonamides is 1. The van der Waals surface area contributed by atoms with Gasteiger partial charge in [-0.3, -0.25) is 4.79 Å². The molecule has 0 aliphatic carbocycles. The fourth-order valence-electron chi connectivity index (χ4n) is 2.63. The normalized spacial score (nSPS) is 15.9. The minimum absolute atomic E-state index is 0.0162. The van der Waals surface area contributed by atoms with Crippen LogP contribution in [0.15, 0.2) is 29.2 Å². The summed E-state index contributed by atoms with van der Waals surface area (Å²) in [4.78, 5) is 14.2. The Labute approximate surface area is 150 Å². The Kier molecular flexibility index (Phi) is 7.25. The van der Waals surface area contributed by atoms with Crippen molar-refractivity contribution in [2.24, 2.45) is 5.92 Å². The zero-order valence-corrected chi connectivity index (χ0v) is 15.8. The first-order valence-corrected chi connectivity index (χ1v) is 10.4. The van der Waals surface area contributed by atoms with Crippen LogP contribution in [-0.4, -0.2) is 45.5 Å². The van der Waals surface area contributed by atoms with E-state index < -0.39 is 10.0 Å². The zero-order chi connectivity index (χ0) is 18.3. The number of hydrogen-bond acceptors (Lipinski definition) is 4. The number of benzene rings is 1. The van der Waals surface area contributed by atoms with Crippen LogP contribution in [0.1, 0.15) is 39.5 Å². The number of carbonyl (C=O) groups is 1. The van der Waals surface area contributed by atoms with Gasteiger partial charge in [0, 0.05) is 19.6 Å². The third-order valence-electron chi connectivity index (χ3n) is 4.14. The number of likely N-dealkylation sites (tertiary alicyclic amines) is 1. The van der Waals surface area contributed by atoms with Gasteiger partial charge in [0.05, 0.1) is 4.90 Å². The Balaban J connectivity index is 1.88. The van der Waals surface area contributed by atoms with Crippen LogP contribution in [0, 0.1) is 5.92 Å². The molecule has 0 spiro atoms. The molecule has 0 unspecified atom stereocenters. The maximum atomic E-state index is 12.2. The van der Waals surface area contributed by atoms with Crippen LogP contribution in [0.5, 0.6) is 5.75 Å². The van der Waals surface area contributed by atoms with Crippen LogP contribution in [0.25, 0.3) is 0 Å². The molecular formula is C18H28N2O4S. The Bertz CT molecular complexity index is 648. The first-order chi connectivity index (χ1) is 11.9. The molecule has 2 rings (SSSR count). The summed E-state index contributed by atoms with van der Waals surface area (Å²) in [6.45, 7) is 5.85. The summed E-state index contributed by atoms with van der Waals surface area (Å²) in [5.41, 5.74) is 0. The Hall–Kier alpha value is -1.60. The maximum Gasteiger partial charge on any atom is 0.260 e. The summed E-state index contributed by atoms with van der Waals surface area (Å²) in [7, 11) is -3.51. The molecule has 25 heavy (non-hydrogen) atoms. The summed E-state index contributed by atoms with van der Waals surface area (Å²) < 4.78 is 32.4. The molecule has 1 fully saturated rings. The fraction of sp³-hybridized carbons (Fsp3) is 0.611. The van der Waals surface area contributed by atoms with Crippen molar-refractivity contribution < 1.29 is 17.9 Å². The van der Waals surface area contributed by atoms with Crippen LogP contribution in [0.3, 0.4) is 0 Å². The van der Waals surface area contributed by atoms with E-state index in [4.69, 9.17) is 4.74 Å². The molecule has 140 valence electrons. The minimum atomic E-state index is -3.51. The van der Waals surface area contributed by atoms with Gasteiger partial charge in [-0.25, -0.2) is 13.1 Å². The van der Waals surface area contributed by atoms with Crippen molar-refractivity contribution in [2.45, 2.75) is 44.4 Å². The summed E-state index contributed by atoms with van der Waals surface area (Å²) in [5, 5.41) is 0. The van der Waals surface area contributed by atoms with Crippen LogP contribution in [0.2, 0.25) is 0 Å². The van der Waals surface area contributed by atoms with E-state index in [-0.39, 0.29) is 23.3 Å². The van der Waals surface area contributed by atoms with Gasteiger partial charge in [-0.1, -0.05) is 26.7 Å². The van der Waals surface area contributed by atoms with Crippen molar-refractivity contribution in [1.82, 2.24) is 9.62 Å². The van der Waals surface area contributed by atoms with Crippen LogP contribution in [0.4, 0.5) is 0 Å². The molecule has 6 nitrogen and oxygen atoms in total. The standard InChI is InChI=1S/C18H28N2O4S/c1-15(2)13-19-25(22,23)17-9-7-16(8-10-17)24-14-18(21)20-11-5-3-4-6-12-20/h7-10,15,19H,3-6,11-14H2,1-2H3. The Morgan fingerprint density at radius 2 is 1.72 bits per heavy atom. The predicted molar refractivity (Wildman–Crippen MR) is 97.0 cm³/mol. The van der Waals surface area contributed by atoms with E-state index in [0.717, 1.165) is 25.9 Å². The van der Waals surface area contributed by atoms with Gasteiger partial charge in [-0.15, -0.1) is 0 Å². The third-order valence-corrected chi connectivity index (χ3v) is 5.58. The predicted octanol–water partition coefficient (Wildman–Crippen LogP) is 2.40. The van der Waals surface area contributed by atoms with Crippen molar-refractivity contribution in [3.8, 4) is 5.75 Å². The summed E-state index contributed by atoms with van der Waals surface area (Å²) in [5.74, 6) is 0.713. The summed E-state index contributed by atoms with van der Waals surface area (Å²) in [6, 6.07) is 6.15. The molecule has 0 saturated carbocycles. The van der Waals surface area contributed by atoms with E-state index in [1.54, 1.807) is 12.1 Å². The lowest BCUT2D eigenvalue weighted by atomic mass is 10.2. The maximum absolute atomic E-state index is 12.2. The molecule has 1 saturated heterocycles. The summed E-state index contributed by atoms with van der Waals surface area (Å²) >= 11 is 0. The summed E-state index contributed by atoms with van der Waals surface area (Å²) in [6.07, 6.45) is 4.43. The monoisotopic (exact) mass is 368 g/mol. The van der Waals surface area contributed by atoms with Crippen LogP contribution >= 0.6 is 0 Å². The molecule has 1 N–H and O–H groups in total. The van der Waals surface area contributed by atoms with Gasteiger partial charge in [-0.2, -0.15) is 0 Å². The number of ether oxygens (including phenoxy) is 1. The Morgan fingerprint density at radius 3 is 2.28 bits per heavy atom.